The highest BCUT2D eigenvalue weighted by Crippen LogP contribution is 2.15. The Bertz CT molecular complexity index is 782. The van der Waals surface area contributed by atoms with Gasteiger partial charge in [-0.25, -0.2) is 0 Å². The minimum Gasteiger partial charge on any atom is -0.468 e. The van der Waals surface area contributed by atoms with E-state index in [4.69, 9.17) is 4.74 Å². The molecule has 1 aromatic carbocycles. The van der Waals surface area contributed by atoms with E-state index in [0.717, 1.165) is 0 Å². The summed E-state index contributed by atoms with van der Waals surface area (Å²) in [5, 5.41) is 3.46. The Morgan fingerprint density at radius 1 is 1.17 bits per heavy atom. The van der Waals surface area contributed by atoms with Crippen LogP contribution in [0.15, 0.2) is 35.3 Å². The molecular formula is C16H18N2O5. The van der Waals surface area contributed by atoms with Gasteiger partial charge in [0.15, 0.2) is 0 Å². The Morgan fingerprint density at radius 3 is 2.52 bits per heavy atom. The molecule has 0 radical (unpaired) electrons. The number of esters is 1. The van der Waals surface area contributed by atoms with Gasteiger partial charge in [-0.05, 0) is 6.07 Å². The molecule has 1 aromatic heterocycles. The van der Waals surface area contributed by atoms with Crippen molar-refractivity contribution in [2.24, 2.45) is 0 Å². The van der Waals surface area contributed by atoms with Gasteiger partial charge in [-0.2, -0.15) is 0 Å². The van der Waals surface area contributed by atoms with Crippen LogP contribution in [0, 0.1) is 0 Å². The van der Waals surface area contributed by atoms with Gasteiger partial charge in [-0.3, -0.25) is 14.4 Å². The molecule has 0 saturated carbocycles. The van der Waals surface area contributed by atoms with Crippen molar-refractivity contribution in [3.8, 4) is 0 Å². The Kier molecular flexibility index (Phi) is 5.48. The van der Waals surface area contributed by atoms with Crippen LogP contribution >= 0.6 is 0 Å². The van der Waals surface area contributed by atoms with E-state index in [1.807, 2.05) is 0 Å². The van der Waals surface area contributed by atoms with Gasteiger partial charge in [-0.1, -0.05) is 18.2 Å². The Labute approximate surface area is 132 Å². The molecule has 122 valence electrons. The molecule has 0 aliphatic rings. The fourth-order valence-corrected chi connectivity index (χ4v) is 2.20. The summed E-state index contributed by atoms with van der Waals surface area (Å²) in [6, 6.07) is 6.85. The lowest BCUT2D eigenvalue weighted by Gasteiger charge is -2.12. The fourth-order valence-electron chi connectivity index (χ4n) is 2.20. The first-order valence-corrected chi connectivity index (χ1v) is 7.04. The third kappa shape index (κ3) is 3.75. The summed E-state index contributed by atoms with van der Waals surface area (Å²) in [5.41, 5.74) is 0.127. The van der Waals surface area contributed by atoms with E-state index in [1.54, 1.807) is 24.3 Å². The summed E-state index contributed by atoms with van der Waals surface area (Å²) in [5.74, 6) is -0.992. The van der Waals surface area contributed by atoms with Gasteiger partial charge in [0.05, 0.1) is 19.3 Å². The van der Waals surface area contributed by atoms with Crippen molar-refractivity contribution in [1.29, 1.82) is 0 Å². The van der Waals surface area contributed by atoms with Crippen LogP contribution in [-0.2, 0) is 20.8 Å². The van der Waals surface area contributed by atoms with Gasteiger partial charge in [0.1, 0.15) is 6.54 Å². The second-order valence-corrected chi connectivity index (χ2v) is 4.84. The van der Waals surface area contributed by atoms with Gasteiger partial charge in [-0.15, -0.1) is 0 Å². The summed E-state index contributed by atoms with van der Waals surface area (Å²) in [6.45, 7) is 0.444. The predicted octanol–water partition coefficient (Wildman–Crippen LogP) is 0.551. The molecule has 7 heteroatoms. The highest BCUT2D eigenvalue weighted by molar-refractivity contribution is 6.07. The van der Waals surface area contributed by atoms with E-state index in [-0.39, 0.29) is 12.1 Å². The molecule has 0 aliphatic heterocycles. The SMILES string of the molecule is COCCn1cc(C(=O)NCC(=O)OC)c2ccccc2c1=O. The summed E-state index contributed by atoms with van der Waals surface area (Å²) in [6.07, 6.45) is 1.48. The van der Waals surface area contributed by atoms with Crippen molar-refractivity contribution >= 4 is 22.6 Å². The van der Waals surface area contributed by atoms with Crippen LogP contribution in [0.25, 0.3) is 10.8 Å². The van der Waals surface area contributed by atoms with Crippen LogP contribution in [0.5, 0.6) is 0 Å². The minimum atomic E-state index is -0.546. The maximum Gasteiger partial charge on any atom is 0.325 e. The maximum absolute atomic E-state index is 12.4. The van der Waals surface area contributed by atoms with Crippen LogP contribution in [-0.4, -0.2) is 43.8 Å². The average Bonchev–Trinajstić information content (AvgIpc) is 2.59. The van der Waals surface area contributed by atoms with E-state index < -0.39 is 11.9 Å². The van der Waals surface area contributed by atoms with Crippen molar-refractivity contribution in [1.82, 2.24) is 9.88 Å². The molecule has 0 bridgehead atoms. The number of carbonyl (C=O) groups excluding carboxylic acids is 2. The summed E-state index contributed by atoms with van der Waals surface area (Å²) < 4.78 is 10.9. The Hall–Kier alpha value is -2.67. The number of pyridine rings is 1. The lowest BCUT2D eigenvalue weighted by Crippen LogP contribution is -2.32. The number of aromatic nitrogens is 1. The van der Waals surface area contributed by atoms with Crippen molar-refractivity contribution in [3.63, 3.8) is 0 Å². The number of rotatable bonds is 6. The maximum atomic E-state index is 12.4. The zero-order valence-corrected chi connectivity index (χ0v) is 13.0. The van der Waals surface area contributed by atoms with E-state index in [1.165, 1.54) is 25.0 Å². The standard InChI is InChI=1S/C16H18N2O5/c1-22-8-7-18-10-13(15(20)17-9-14(19)23-2)11-5-3-4-6-12(11)16(18)21/h3-6,10H,7-9H2,1-2H3,(H,17,20). The van der Waals surface area contributed by atoms with E-state index in [9.17, 15) is 14.4 Å². The fraction of sp³-hybridized carbons (Fsp3) is 0.312. The van der Waals surface area contributed by atoms with Gasteiger partial charge >= 0.3 is 5.97 Å². The van der Waals surface area contributed by atoms with E-state index in [2.05, 4.69) is 10.1 Å². The largest absolute Gasteiger partial charge is 0.468 e. The first kappa shape index (κ1) is 16.7. The summed E-state index contributed by atoms with van der Waals surface area (Å²) in [4.78, 5) is 35.9. The lowest BCUT2D eigenvalue weighted by atomic mass is 10.1. The third-order valence-electron chi connectivity index (χ3n) is 3.40. The normalized spacial score (nSPS) is 10.5. The van der Waals surface area contributed by atoms with Crippen LogP contribution in [0.4, 0.5) is 0 Å². The molecule has 1 N–H and O–H groups in total. The van der Waals surface area contributed by atoms with Crippen molar-refractivity contribution in [2.75, 3.05) is 27.4 Å². The zero-order chi connectivity index (χ0) is 16.8. The zero-order valence-electron chi connectivity index (χ0n) is 13.0. The highest BCUT2D eigenvalue weighted by Gasteiger charge is 2.15. The van der Waals surface area contributed by atoms with Crippen LogP contribution < -0.4 is 10.9 Å². The number of hydrogen-bond acceptors (Lipinski definition) is 5. The minimum absolute atomic E-state index is 0.192. The molecule has 2 rings (SSSR count). The lowest BCUT2D eigenvalue weighted by molar-refractivity contribution is -0.139. The number of nitrogens with one attached hydrogen (secondary N) is 1. The smallest absolute Gasteiger partial charge is 0.325 e. The van der Waals surface area contributed by atoms with E-state index in [0.29, 0.717) is 29.5 Å². The molecule has 0 spiro atoms. The molecule has 0 aliphatic carbocycles. The molecule has 0 unspecified atom stereocenters. The topological polar surface area (TPSA) is 86.6 Å². The van der Waals surface area contributed by atoms with Crippen molar-refractivity contribution < 1.29 is 19.1 Å². The first-order valence-electron chi connectivity index (χ1n) is 7.04. The third-order valence-corrected chi connectivity index (χ3v) is 3.40. The molecule has 23 heavy (non-hydrogen) atoms. The number of benzene rings is 1. The number of hydrogen-bond donors (Lipinski definition) is 1. The van der Waals surface area contributed by atoms with Crippen LogP contribution in [0.2, 0.25) is 0 Å². The molecule has 1 amide bonds. The number of methoxy groups -OCH3 is 2. The number of amides is 1. The molecule has 7 nitrogen and oxygen atoms in total. The van der Waals surface area contributed by atoms with Crippen molar-refractivity contribution in [2.45, 2.75) is 6.54 Å². The predicted molar refractivity (Wildman–Crippen MR) is 84.4 cm³/mol. The molecule has 0 saturated heterocycles. The van der Waals surface area contributed by atoms with Gasteiger partial charge in [0, 0.05) is 30.6 Å². The van der Waals surface area contributed by atoms with Crippen LogP contribution in [0.3, 0.4) is 0 Å². The second-order valence-electron chi connectivity index (χ2n) is 4.84. The number of ether oxygens (including phenoxy) is 2. The summed E-state index contributed by atoms with van der Waals surface area (Å²) in [7, 11) is 2.78. The first-order chi connectivity index (χ1) is 11.1. The van der Waals surface area contributed by atoms with Crippen molar-refractivity contribution in [3.05, 3.63) is 46.4 Å². The number of carbonyl (C=O) groups is 2. The number of fused-ring (bicyclic) bond motifs is 1. The van der Waals surface area contributed by atoms with E-state index >= 15 is 0 Å². The molecule has 2 aromatic rings. The quantitative estimate of drug-likeness (QED) is 0.786. The Balaban J connectivity index is 2.44. The number of nitrogens with zero attached hydrogens (tertiary/aromatic N) is 1. The van der Waals surface area contributed by atoms with Gasteiger partial charge < -0.3 is 19.4 Å². The molecular weight excluding hydrogens is 300 g/mol. The van der Waals surface area contributed by atoms with Gasteiger partial charge in [0.25, 0.3) is 11.5 Å². The summed E-state index contributed by atoms with van der Waals surface area (Å²) >= 11 is 0. The van der Waals surface area contributed by atoms with Gasteiger partial charge in [0.2, 0.25) is 0 Å². The highest BCUT2D eigenvalue weighted by atomic mass is 16.5. The van der Waals surface area contributed by atoms with Crippen LogP contribution in [0.1, 0.15) is 10.4 Å². The molecule has 1 heterocycles. The average molecular weight is 318 g/mol. The second kappa shape index (κ2) is 7.55. The Morgan fingerprint density at radius 2 is 1.87 bits per heavy atom. The molecule has 0 fully saturated rings. The molecule has 0 atom stereocenters. The monoisotopic (exact) mass is 318 g/mol.